The summed E-state index contributed by atoms with van der Waals surface area (Å²) < 4.78 is 0. The third kappa shape index (κ3) is 4.68. The van der Waals surface area contributed by atoms with E-state index in [4.69, 9.17) is 0 Å². The predicted molar refractivity (Wildman–Crippen MR) is 89.9 cm³/mol. The van der Waals surface area contributed by atoms with Crippen LogP contribution in [0, 0.1) is 6.92 Å². The van der Waals surface area contributed by atoms with Gasteiger partial charge in [0, 0.05) is 37.1 Å². The number of guanidine groups is 1. The standard InChI is InChI=1S/C15H27N5S/c1-11(2)20-7-5-13(6-8-20)19-15(16-4)17-9-14-12(3)18-10-21-14/h10-11,13H,5-9H2,1-4H3,(H2,16,17,19). The van der Waals surface area contributed by atoms with Crippen LogP contribution in [0.1, 0.15) is 37.3 Å². The van der Waals surface area contributed by atoms with Crippen molar-refractivity contribution in [3.63, 3.8) is 0 Å². The zero-order valence-corrected chi connectivity index (χ0v) is 14.3. The Hall–Kier alpha value is -1.14. The van der Waals surface area contributed by atoms with E-state index in [1.54, 1.807) is 11.3 Å². The van der Waals surface area contributed by atoms with Gasteiger partial charge in [-0.05, 0) is 33.6 Å². The number of rotatable bonds is 4. The molecule has 0 aliphatic carbocycles. The number of hydrogen-bond donors (Lipinski definition) is 2. The minimum Gasteiger partial charge on any atom is -0.354 e. The van der Waals surface area contributed by atoms with Gasteiger partial charge in [-0.15, -0.1) is 11.3 Å². The van der Waals surface area contributed by atoms with E-state index in [2.05, 4.69) is 39.4 Å². The van der Waals surface area contributed by atoms with Crippen molar-refractivity contribution < 1.29 is 0 Å². The third-order valence-corrected chi connectivity index (χ3v) is 5.02. The maximum atomic E-state index is 4.33. The molecular formula is C15H27N5S. The summed E-state index contributed by atoms with van der Waals surface area (Å²) in [5.74, 6) is 0.894. The number of aromatic nitrogens is 1. The van der Waals surface area contributed by atoms with Gasteiger partial charge in [-0.1, -0.05) is 0 Å². The van der Waals surface area contributed by atoms with Crippen LogP contribution in [-0.2, 0) is 6.54 Å². The van der Waals surface area contributed by atoms with Gasteiger partial charge >= 0.3 is 0 Å². The van der Waals surface area contributed by atoms with Crippen molar-refractivity contribution in [3.05, 3.63) is 16.1 Å². The minimum atomic E-state index is 0.522. The van der Waals surface area contributed by atoms with Crippen LogP contribution in [0.3, 0.4) is 0 Å². The van der Waals surface area contributed by atoms with Crippen molar-refractivity contribution in [2.45, 2.75) is 52.2 Å². The Labute approximate surface area is 131 Å². The number of nitrogens with one attached hydrogen (secondary N) is 2. The van der Waals surface area contributed by atoms with Crippen LogP contribution in [0.5, 0.6) is 0 Å². The summed E-state index contributed by atoms with van der Waals surface area (Å²) in [6.07, 6.45) is 2.36. The molecule has 6 heteroatoms. The van der Waals surface area contributed by atoms with Gasteiger partial charge in [0.1, 0.15) is 0 Å². The average Bonchev–Trinajstić information content (AvgIpc) is 2.89. The maximum absolute atomic E-state index is 4.33. The monoisotopic (exact) mass is 309 g/mol. The first-order valence-corrected chi connectivity index (χ1v) is 8.58. The Kier molecular flexibility index (Phi) is 5.99. The molecule has 1 aliphatic heterocycles. The number of aryl methyl sites for hydroxylation is 1. The van der Waals surface area contributed by atoms with Crippen LogP contribution in [0.4, 0.5) is 0 Å². The van der Waals surface area contributed by atoms with E-state index in [-0.39, 0.29) is 0 Å². The predicted octanol–water partition coefficient (Wildman–Crippen LogP) is 1.99. The number of nitrogens with zero attached hydrogens (tertiary/aromatic N) is 3. The molecule has 1 aromatic heterocycles. The van der Waals surface area contributed by atoms with Crippen molar-refractivity contribution >= 4 is 17.3 Å². The lowest BCUT2D eigenvalue weighted by Gasteiger charge is -2.35. The molecule has 0 spiro atoms. The largest absolute Gasteiger partial charge is 0.354 e. The molecule has 0 saturated carbocycles. The summed E-state index contributed by atoms with van der Waals surface area (Å²) >= 11 is 1.69. The Morgan fingerprint density at radius 2 is 2.19 bits per heavy atom. The highest BCUT2D eigenvalue weighted by Crippen LogP contribution is 2.13. The summed E-state index contributed by atoms with van der Waals surface area (Å²) in [5.41, 5.74) is 3.00. The smallest absolute Gasteiger partial charge is 0.191 e. The van der Waals surface area contributed by atoms with Gasteiger partial charge in [0.2, 0.25) is 0 Å². The lowest BCUT2D eigenvalue weighted by molar-refractivity contribution is 0.167. The molecule has 1 saturated heterocycles. The van der Waals surface area contributed by atoms with Gasteiger partial charge in [-0.3, -0.25) is 4.99 Å². The number of aliphatic imine (C=N–C) groups is 1. The lowest BCUT2D eigenvalue weighted by Crippen LogP contribution is -2.49. The maximum Gasteiger partial charge on any atom is 0.191 e. The number of likely N-dealkylation sites (tertiary alicyclic amines) is 1. The molecule has 0 amide bonds. The van der Waals surface area contributed by atoms with Gasteiger partial charge in [0.05, 0.1) is 17.7 Å². The van der Waals surface area contributed by atoms with Crippen LogP contribution in [0.2, 0.25) is 0 Å². The molecule has 21 heavy (non-hydrogen) atoms. The van der Waals surface area contributed by atoms with E-state index in [0.717, 1.165) is 18.2 Å². The van der Waals surface area contributed by atoms with Crippen LogP contribution in [0.15, 0.2) is 10.5 Å². The highest BCUT2D eigenvalue weighted by atomic mass is 32.1. The fourth-order valence-electron chi connectivity index (χ4n) is 2.61. The van der Waals surface area contributed by atoms with Crippen molar-refractivity contribution in [2.24, 2.45) is 4.99 Å². The first-order valence-electron chi connectivity index (χ1n) is 7.70. The highest BCUT2D eigenvalue weighted by Gasteiger charge is 2.21. The highest BCUT2D eigenvalue weighted by molar-refractivity contribution is 7.09. The Morgan fingerprint density at radius 1 is 1.48 bits per heavy atom. The molecule has 1 fully saturated rings. The molecule has 1 aliphatic rings. The molecule has 0 aromatic carbocycles. The average molecular weight is 309 g/mol. The zero-order chi connectivity index (χ0) is 15.2. The van der Waals surface area contributed by atoms with Gasteiger partial charge in [0.15, 0.2) is 5.96 Å². The van der Waals surface area contributed by atoms with E-state index >= 15 is 0 Å². The summed E-state index contributed by atoms with van der Waals surface area (Å²) in [6.45, 7) is 9.71. The third-order valence-electron chi connectivity index (χ3n) is 4.09. The van der Waals surface area contributed by atoms with Crippen LogP contribution in [0.25, 0.3) is 0 Å². The molecule has 1 aromatic rings. The van der Waals surface area contributed by atoms with E-state index in [1.807, 2.05) is 19.5 Å². The van der Waals surface area contributed by atoms with Gasteiger partial charge in [-0.2, -0.15) is 0 Å². The molecule has 2 rings (SSSR count). The van der Waals surface area contributed by atoms with E-state index in [9.17, 15) is 0 Å². The first kappa shape index (κ1) is 16.2. The molecule has 2 heterocycles. The van der Waals surface area contributed by atoms with E-state index < -0.39 is 0 Å². The van der Waals surface area contributed by atoms with Crippen LogP contribution >= 0.6 is 11.3 Å². The zero-order valence-electron chi connectivity index (χ0n) is 13.5. The summed E-state index contributed by atoms with van der Waals surface area (Å²) in [5, 5.41) is 6.93. The summed E-state index contributed by atoms with van der Waals surface area (Å²) in [6, 6.07) is 1.17. The van der Waals surface area contributed by atoms with Crippen LogP contribution < -0.4 is 10.6 Å². The number of piperidine rings is 1. The molecule has 2 N–H and O–H groups in total. The number of hydrogen-bond acceptors (Lipinski definition) is 4. The Balaban J connectivity index is 1.77. The van der Waals surface area contributed by atoms with Crippen molar-refractivity contribution in [2.75, 3.05) is 20.1 Å². The molecule has 118 valence electrons. The quantitative estimate of drug-likeness (QED) is 0.660. The second kappa shape index (κ2) is 7.75. The fourth-order valence-corrected chi connectivity index (χ4v) is 3.32. The molecule has 0 bridgehead atoms. The second-order valence-corrected chi connectivity index (χ2v) is 6.77. The van der Waals surface area contributed by atoms with E-state index in [1.165, 1.54) is 30.8 Å². The topological polar surface area (TPSA) is 52.6 Å². The van der Waals surface area contributed by atoms with Crippen molar-refractivity contribution in [1.29, 1.82) is 0 Å². The van der Waals surface area contributed by atoms with Crippen molar-refractivity contribution in [1.82, 2.24) is 20.5 Å². The first-order chi connectivity index (χ1) is 10.1. The lowest BCUT2D eigenvalue weighted by atomic mass is 10.0. The van der Waals surface area contributed by atoms with Gasteiger partial charge in [-0.25, -0.2) is 4.98 Å². The second-order valence-electron chi connectivity index (χ2n) is 5.84. The summed E-state index contributed by atoms with van der Waals surface area (Å²) in [4.78, 5) is 12.4. The normalized spacial score (nSPS) is 18.2. The van der Waals surface area contributed by atoms with Gasteiger partial charge in [0.25, 0.3) is 0 Å². The number of thiazole rings is 1. The minimum absolute atomic E-state index is 0.522. The molecular weight excluding hydrogens is 282 g/mol. The fraction of sp³-hybridized carbons (Fsp3) is 0.733. The SMILES string of the molecule is CN=C(NCc1scnc1C)NC1CCN(C(C)C)CC1. The van der Waals surface area contributed by atoms with Gasteiger partial charge < -0.3 is 15.5 Å². The molecule has 0 radical (unpaired) electrons. The van der Waals surface area contributed by atoms with E-state index in [0.29, 0.717) is 12.1 Å². The summed E-state index contributed by atoms with van der Waals surface area (Å²) in [7, 11) is 1.83. The van der Waals surface area contributed by atoms with Crippen molar-refractivity contribution in [3.8, 4) is 0 Å². The molecule has 5 nitrogen and oxygen atoms in total. The Morgan fingerprint density at radius 3 is 2.71 bits per heavy atom. The Bertz CT molecular complexity index is 460. The molecule has 0 unspecified atom stereocenters. The van der Waals surface area contributed by atoms with Crippen LogP contribution in [-0.4, -0.2) is 48.1 Å². The molecule has 0 atom stereocenters.